The number of aryl methyl sites for hydroxylation is 1. The van der Waals surface area contributed by atoms with E-state index < -0.39 is 23.8 Å². The van der Waals surface area contributed by atoms with E-state index in [2.05, 4.69) is 10.6 Å². The number of carbonyl (C=O) groups is 3. The third-order valence-corrected chi connectivity index (χ3v) is 7.30. The number of carbonyl (C=O) groups excluding carboxylic acids is 3. The van der Waals surface area contributed by atoms with E-state index in [0.29, 0.717) is 24.3 Å². The maximum atomic E-state index is 14.5. The number of alkyl carbamates (subject to hydrolysis) is 1. The second-order valence-corrected chi connectivity index (χ2v) is 11.4. The van der Waals surface area contributed by atoms with Crippen LogP contribution in [0.25, 0.3) is 0 Å². The number of hydrogen-bond donors (Lipinski definition) is 2. The van der Waals surface area contributed by atoms with E-state index in [1.165, 1.54) is 0 Å². The molecule has 0 aliphatic heterocycles. The molecule has 2 N–H and O–H groups in total. The lowest BCUT2D eigenvalue weighted by molar-refractivity contribution is -0.144. The number of nitrogens with zero attached hydrogens (tertiary/aromatic N) is 1. The van der Waals surface area contributed by atoms with Gasteiger partial charge in [-0.25, -0.2) is 4.79 Å². The molecule has 0 heterocycles. The molecule has 2 aromatic carbocycles. The number of rotatable bonds is 11. The van der Waals surface area contributed by atoms with Gasteiger partial charge in [-0.15, -0.1) is 0 Å². The number of hydrogen-bond acceptors (Lipinski definition) is 5. The molecule has 0 spiro atoms. The van der Waals surface area contributed by atoms with Gasteiger partial charge in [0.05, 0.1) is 7.11 Å². The Morgan fingerprint density at radius 3 is 2.10 bits per heavy atom. The van der Waals surface area contributed by atoms with Crippen LogP contribution >= 0.6 is 0 Å². The van der Waals surface area contributed by atoms with Crippen LogP contribution in [-0.2, 0) is 14.3 Å². The Morgan fingerprint density at radius 2 is 1.57 bits per heavy atom. The van der Waals surface area contributed by atoms with Gasteiger partial charge in [-0.1, -0.05) is 45.4 Å². The van der Waals surface area contributed by atoms with E-state index >= 15 is 0 Å². The summed E-state index contributed by atoms with van der Waals surface area (Å²) in [7, 11) is 1.58. The van der Waals surface area contributed by atoms with Crippen molar-refractivity contribution in [3.05, 3.63) is 59.2 Å². The van der Waals surface area contributed by atoms with Gasteiger partial charge in [0.25, 0.3) is 5.91 Å². The SMILES string of the molecule is CCC(C)C(NC(=O)OC(C)(C)C)C(=O)N(C(C)CC)C(C(=O)Nc1ccc(OC)cc1)c1cccc(C)c1C. The zero-order valence-corrected chi connectivity index (χ0v) is 25.8. The largest absolute Gasteiger partial charge is 0.497 e. The number of methoxy groups -OCH3 is 1. The monoisotopic (exact) mass is 553 g/mol. The van der Waals surface area contributed by atoms with Crippen molar-refractivity contribution in [2.75, 3.05) is 12.4 Å². The maximum Gasteiger partial charge on any atom is 0.408 e. The summed E-state index contributed by atoms with van der Waals surface area (Å²) in [6.07, 6.45) is 0.594. The highest BCUT2D eigenvalue weighted by Crippen LogP contribution is 2.32. The summed E-state index contributed by atoms with van der Waals surface area (Å²) in [5.74, 6) is -0.196. The Balaban J connectivity index is 2.63. The average Bonchev–Trinajstić information content (AvgIpc) is 2.90. The number of benzene rings is 2. The average molecular weight is 554 g/mol. The van der Waals surface area contributed by atoms with Crippen molar-refractivity contribution in [2.24, 2.45) is 5.92 Å². The minimum absolute atomic E-state index is 0.199. The van der Waals surface area contributed by atoms with E-state index in [4.69, 9.17) is 9.47 Å². The Labute approximate surface area is 239 Å². The standard InChI is InChI=1S/C32H47N3O5/c1-11-20(3)27(34-31(38)40-32(7,8)9)30(37)35(22(5)12-2)28(26-15-13-14-21(4)23(26)6)29(36)33-24-16-18-25(39-10)19-17-24/h13-20,22,27-28H,11-12H2,1-10H3,(H,33,36)(H,34,38). The third-order valence-electron chi connectivity index (χ3n) is 7.30. The smallest absolute Gasteiger partial charge is 0.408 e. The summed E-state index contributed by atoms with van der Waals surface area (Å²) in [5, 5.41) is 5.83. The lowest BCUT2D eigenvalue weighted by Crippen LogP contribution is -2.57. The first-order chi connectivity index (χ1) is 18.7. The molecule has 3 amide bonds. The molecule has 40 heavy (non-hydrogen) atoms. The van der Waals surface area contributed by atoms with Gasteiger partial charge < -0.3 is 25.0 Å². The van der Waals surface area contributed by atoms with Crippen LogP contribution < -0.4 is 15.4 Å². The molecule has 4 atom stereocenters. The van der Waals surface area contributed by atoms with Crippen LogP contribution in [0.3, 0.4) is 0 Å². The summed E-state index contributed by atoms with van der Waals surface area (Å²) in [6.45, 7) is 17.1. The molecule has 220 valence electrons. The molecule has 0 radical (unpaired) electrons. The molecule has 4 unspecified atom stereocenters. The van der Waals surface area contributed by atoms with Crippen LogP contribution in [0.4, 0.5) is 10.5 Å². The molecule has 8 nitrogen and oxygen atoms in total. The molecule has 8 heteroatoms. The minimum atomic E-state index is -0.934. The van der Waals surface area contributed by atoms with Crippen LogP contribution in [0.1, 0.15) is 84.0 Å². The van der Waals surface area contributed by atoms with Gasteiger partial charge in [0.2, 0.25) is 5.91 Å². The van der Waals surface area contributed by atoms with Crippen LogP contribution in [0.5, 0.6) is 5.75 Å². The van der Waals surface area contributed by atoms with Crippen molar-refractivity contribution < 1.29 is 23.9 Å². The van der Waals surface area contributed by atoms with Crippen LogP contribution in [0.15, 0.2) is 42.5 Å². The zero-order valence-electron chi connectivity index (χ0n) is 25.8. The fourth-order valence-corrected chi connectivity index (χ4v) is 4.45. The van der Waals surface area contributed by atoms with Crippen molar-refractivity contribution in [1.29, 1.82) is 0 Å². The van der Waals surface area contributed by atoms with Crippen molar-refractivity contribution in [2.45, 2.75) is 98.9 Å². The highest BCUT2D eigenvalue weighted by molar-refractivity contribution is 5.99. The van der Waals surface area contributed by atoms with Gasteiger partial charge in [-0.05, 0) is 94.8 Å². The van der Waals surface area contributed by atoms with Crippen LogP contribution in [0.2, 0.25) is 0 Å². The van der Waals surface area contributed by atoms with Gasteiger partial charge >= 0.3 is 6.09 Å². The second kappa shape index (κ2) is 14.2. The van der Waals surface area contributed by atoms with Gasteiger partial charge in [0.1, 0.15) is 23.4 Å². The highest BCUT2D eigenvalue weighted by atomic mass is 16.6. The molecule has 0 aliphatic carbocycles. The Morgan fingerprint density at radius 1 is 0.950 bits per heavy atom. The summed E-state index contributed by atoms with van der Waals surface area (Å²) < 4.78 is 10.7. The number of ether oxygens (including phenoxy) is 2. The molecular weight excluding hydrogens is 506 g/mol. The molecule has 0 fully saturated rings. The number of nitrogens with one attached hydrogen (secondary N) is 2. The molecule has 2 rings (SSSR count). The van der Waals surface area contributed by atoms with Crippen molar-refractivity contribution in [3.8, 4) is 5.75 Å². The molecule has 0 bridgehead atoms. The third kappa shape index (κ3) is 8.47. The topological polar surface area (TPSA) is 97.0 Å². The first-order valence-electron chi connectivity index (χ1n) is 14.1. The fraction of sp³-hybridized carbons (Fsp3) is 0.531. The maximum absolute atomic E-state index is 14.5. The van der Waals surface area contributed by atoms with Crippen molar-refractivity contribution >= 4 is 23.6 Å². The predicted molar refractivity (Wildman–Crippen MR) is 159 cm³/mol. The molecule has 0 saturated heterocycles. The van der Waals surface area contributed by atoms with E-state index in [1.54, 1.807) is 57.0 Å². The van der Waals surface area contributed by atoms with Gasteiger partial charge in [0.15, 0.2) is 0 Å². The van der Waals surface area contributed by atoms with Crippen molar-refractivity contribution in [1.82, 2.24) is 10.2 Å². The normalized spacial score (nSPS) is 14.3. The summed E-state index contributed by atoms with van der Waals surface area (Å²) in [4.78, 5) is 43.0. The number of amides is 3. The zero-order chi connectivity index (χ0) is 30.2. The first kappa shape index (κ1) is 32.7. The summed E-state index contributed by atoms with van der Waals surface area (Å²) in [5.41, 5.74) is 2.55. The van der Waals surface area contributed by atoms with Gasteiger partial charge in [-0.3, -0.25) is 9.59 Å². The summed E-state index contributed by atoms with van der Waals surface area (Å²) >= 11 is 0. The van der Waals surface area contributed by atoms with Gasteiger partial charge in [-0.2, -0.15) is 0 Å². The minimum Gasteiger partial charge on any atom is -0.497 e. The lowest BCUT2D eigenvalue weighted by atomic mass is 9.91. The molecular formula is C32H47N3O5. The second-order valence-electron chi connectivity index (χ2n) is 11.4. The van der Waals surface area contributed by atoms with Crippen LogP contribution in [0, 0.1) is 19.8 Å². The van der Waals surface area contributed by atoms with E-state index in [0.717, 1.165) is 16.7 Å². The molecule has 0 aromatic heterocycles. The Bertz CT molecular complexity index is 1160. The Hall–Kier alpha value is -3.55. The lowest BCUT2D eigenvalue weighted by Gasteiger charge is -2.40. The van der Waals surface area contributed by atoms with Crippen molar-refractivity contribution in [3.63, 3.8) is 0 Å². The first-order valence-corrected chi connectivity index (χ1v) is 14.1. The quantitative estimate of drug-likeness (QED) is 0.329. The number of anilines is 1. The summed E-state index contributed by atoms with van der Waals surface area (Å²) in [6, 6.07) is 10.7. The fourth-order valence-electron chi connectivity index (χ4n) is 4.45. The van der Waals surface area contributed by atoms with Crippen LogP contribution in [-0.4, -0.2) is 47.6 Å². The highest BCUT2D eigenvalue weighted by Gasteiger charge is 2.40. The van der Waals surface area contributed by atoms with Gasteiger partial charge in [0, 0.05) is 11.7 Å². The van der Waals surface area contributed by atoms with E-state index in [1.807, 2.05) is 59.7 Å². The molecule has 2 aromatic rings. The predicted octanol–water partition coefficient (Wildman–Crippen LogP) is 6.56. The molecule has 0 saturated carbocycles. The Kier molecular flexibility index (Phi) is 11.6. The van der Waals surface area contributed by atoms with E-state index in [9.17, 15) is 14.4 Å². The van der Waals surface area contributed by atoms with E-state index in [-0.39, 0.29) is 23.8 Å². The molecule has 0 aliphatic rings.